The number of aromatic nitrogens is 8. The summed E-state index contributed by atoms with van der Waals surface area (Å²) in [4.78, 5) is 60.4. The molecule has 17 heteroatoms. The van der Waals surface area contributed by atoms with E-state index < -0.39 is 17.7 Å². The summed E-state index contributed by atoms with van der Waals surface area (Å²) in [6.07, 6.45) is 3.49. The number of phenols is 1. The number of aromatic hydroxyl groups is 1. The first-order valence-corrected chi connectivity index (χ1v) is 16.8. The molecule has 0 aliphatic carbocycles. The second-order valence-electron chi connectivity index (χ2n) is 12.3. The lowest BCUT2D eigenvalue weighted by Gasteiger charge is -2.11. The van der Waals surface area contributed by atoms with Crippen molar-refractivity contribution in [3.63, 3.8) is 0 Å². The van der Waals surface area contributed by atoms with E-state index in [1.54, 1.807) is 56.6 Å². The number of nitrogens with two attached hydrogens (primary N) is 2. The van der Waals surface area contributed by atoms with Crippen LogP contribution in [-0.2, 0) is 32.6 Å². The van der Waals surface area contributed by atoms with Crippen molar-refractivity contribution in [2.24, 2.45) is 11.5 Å². The fourth-order valence-corrected chi connectivity index (χ4v) is 6.31. The number of imidazole rings is 2. The van der Waals surface area contributed by atoms with E-state index >= 15 is 0 Å². The Balaban J connectivity index is 1.38. The van der Waals surface area contributed by atoms with Crippen molar-refractivity contribution >= 4 is 51.5 Å². The number of Topliss-reactive ketones (excluding diaryl/α,β-unsaturated/α-hetero) is 1. The number of amides is 3. The largest absolute Gasteiger partial charge is 0.506 e. The minimum atomic E-state index is -0.736. The predicted molar refractivity (Wildman–Crippen MR) is 195 cm³/mol. The van der Waals surface area contributed by atoms with Crippen molar-refractivity contribution in [2.75, 3.05) is 12.4 Å². The van der Waals surface area contributed by atoms with Gasteiger partial charge in [-0.05, 0) is 64.1 Å². The maximum absolute atomic E-state index is 13.5. The highest BCUT2D eigenvalue weighted by Gasteiger charge is 2.23. The highest BCUT2D eigenvalue weighted by atomic mass is 16.5. The molecule has 4 aromatic heterocycles. The predicted octanol–water partition coefficient (Wildman–Crippen LogP) is 3.28. The van der Waals surface area contributed by atoms with Crippen molar-refractivity contribution in [1.29, 1.82) is 0 Å². The van der Waals surface area contributed by atoms with Crippen LogP contribution in [0, 0.1) is 13.8 Å². The molecule has 53 heavy (non-hydrogen) atoms. The van der Waals surface area contributed by atoms with Gasteiger partial charge in [-0.25, -0.2) is 9.97 Å². The second kappa shape index (κ2) is 14.5. The van der Waals surface area contributed by atoms with Crippen LogP contribution in [0.4, 0.5) is 5.95 Å². The third-order valence-electron chi connectivity index (χ3n) is 8.70. The SMILES string of the molecule is CCn1nc(C)cc1C(=O)Cc1nc2cc(C(N)=O)cc(O)c2n1C/C=C/Cn1c(NC(=O)c2cc(C)nn2CC)nc2cc(C(N)=O)cc(OC)c21. The molecule has 0 spiro atoms. The molecule has 6 N–H and O–H groups in total. The summed E-state index contributed by atoms with van der Waals surface area (Å²) in [7, 11) is 1.45. The number of carbonyl (C=O) groups excluding carboxylic acids is 4. The first-order valence-electron chi connectivity index (χ1n) is 16.8. The van der Waals surface area contributed by atoms with E-state index in [2.05, 4.69) is 25.5 Å². The van der Waals surface area contributed by atoms with Gasteiger partial charge in [0.15, 0.2) is 5.78 Å². The number of aryl methyl sites for hydroxylation is 4. The van der Waals surface area contributed by atoms with Gasteiger partial charge in [-0.2, -0.15) is 10.2 Å². The Kier molecular flexibility index (Phi) is 9.82. The normalized spacial score (nSPS) is 11.6. The molecule has 4 heterocycles. The molecule has 6 rings (SSSR count). The summed E-state index contributed by atoms with van der Waals surface area (Å²) in [5.74, 6) is -1.47. The van der Waals surface area contributed by atoms with Crippen LogP contribution in [0.25, 0.3) is 22.1 Å². The van der Waals surface area contributed by atoms with Crippen LogP contribution in [0.3, 0.4) is 0 Å². The first-order chi connectivity index (χ1) is 25.3. The number of rotatable bonds is 14. The number of ether oxygens (including phenoxy) is 1. The van der Waals surface area contributed by atoms with Gasteiger partial charge in [0.05, 0.1) is 36.0 Å². The van der Waals surface area contributed by atoms with Crippen molar-refractivity contribution in [3.8, 4) is 11.5 Å². The molecule has 2 aromatic carbocycles. The second-order valence-corrected chi connectivity index (χ2v) is 12.3. The summed E-state index contributed by atoms with van der Waals surface area (Å²) in [6, 6.07) is 9.14. The molecule has 17 nitrogen and oxygen atoms in total. The Bertz CT molecular complexity index is 2460. The zero-order valence-corrected chi connectivity index (χ0v) is 29.9. The minimum Gasteiger partial charge on any atom is -0.506 e. The molecule has 0 fully saturated rings. The number of fused-ring (bicyclic) bond motifs is 2. The van der Waals surface area contributed by atoms with E-state index in [1.807, 2.05) is 13.8 Å². The van der Waals surface area contributed by atoms with E-state index in [0.717, 1.165) is 0 Å². The summed E-state index contributed by atoms with van der Waals surface area (Å²) >= 11 is 0. The van der Waals surface area contributed by atoms with Crippen molar-refractivity contribution in [2.45, 2.75) is 60.3 Å². The molecule has 0 atom stereocenters. The molecule has 0 saturated heterocycles. The number of ketones is 1. The Hall–Kier alpha value is -6.78. The molecule has 0 bridgehead atoms. The lowest BCUT2D eigenvalue weighted by atomic mass is 10.1. The van der Waals surface area contributed by atoms with Crippen LogP contribution < -0.4 is 21.5 Å². The van der Waals surface area contributed by atoms with Crippen LogP contribution in [0.1, 0.15) is 72.8 Å². The summed E-state index contributed by atoms with van der Waals surface area (Å²) in [6.45, 7) is 8.66. The number of hydrogen-bond donors (Lipinski definition) is 4. The van der Waals surface area contributed by atoms with Crippen LogP contribution in [0.5, 0.6) is 11.5 Å². The summed E-state index contributed by atoms with van der Waals surface area (Å²) in [5.41, 5.74) is 14.9. The van der Waals surface area contributed by atoms with E-state index in [9.17, 15) is 24.3 Å². The highest BCUT2D eigenvalue weighted by Crippen LogP contribution is 2.32. The van der Waals surface area contributed by atoms with Crippen molar-refractivity contribution in [3.05, 3.63) is 88.3 Å². The maximum Gasteiger partial charge on any atom is 0.276 e. The number of allylic oxidation sites excluding steroid dienone is 2. The Labute approximate surface area is 302 Å². The van der Waals surface area contributed by atoms with Gasteiger partial charge in [0.1, 0.15) is 39.7 Å². The lowest BCUT2D eigenvalue weighted by molar-refractivity contribution is 0.0975. The fraction of sp³-hybridized carbons (Fsp3) is 0.278. The standard InChI is InChI=1S/C36H39N11O6/c1-6-46-25(12-19(3)42-46)27(48)18-30-39-23-14-21(33(37)50)16-28(49)31(23)44(30)10-8-9-11-45-32-24(15-22(34(38)51)17-29(32)53-5)40-36(45)41-35(52)26-13-20(4)43-47(26)7-2/h8-9,12-17,49H,6-7,10-11,18H2,1-5H3,(H2,37,50)(H2,38,51)(H,40,41,52)/b9-8+. The molecular formula is C36H39N11O6. The van der Waals surface area contributed by atoms with E-state index in [0.29, 0.717) is 64.0 Å². The molecule has 0 aliphatic rings. The number of methoxy groups -OCH3 is 1. The van der Waals surface area contributed by atoms with Crippen LogP contribution in [0.2, 0.25) is 0 Å². The number of primary amides is 2. The average molecular weight is 722 g/mol. The average Bonchev–Trinajstić information content (AvgIpc) is 3.88. The Morgan fingerprint density at radius 1 is 0.792 bits per heavy atom. The van der Waals surface area contributed by atoms with Crippen molar-refractivity contribution in [1.82, 2.24) is 38.7 Å². The van der Waals surface area contributed by atoms with Gasteiger partial charge in [-0.3, -0.25) is 33.9 Å². The van der Waals surface area contributed by atoms with E-state index in [1.165, 1.54) is 31.4 Å². The molecule has 0 unspecified atom stereocenters. The number of anilines is 1. The summed E-state index contributed by atoms with van der Waals surface area (Å²) < 4.78 is 12.2. The van der Waals surface area contributed by atoms with Crippen LogP contribution >= 0.6 is 0 Å². The smallest absolute Gasteiger partial charge is 0.276 e. The number of phenolic OH excluding ortho intramolecular Hbond substituents is 1. The van der Waals surface area contributed by atoms with Gasteiger partial charge in [0.2, 0.25) is 17.8 Å². The quantitative estimate of drug-likeness (QED) is 0.0947. The van der Waals surface area contributed by atoms with Gasteiger partial charge >= 0.3 is 0 Å². The summed E-state index contributed by atoms with van der Waals surface area (Å²) in [5, 5.41) is 22.7. The van der Waals surface area contributed by atoms with Gasteiger partial charge < -0.3 is 30.4 Å². The molecule has 6 aromatic rings. The molecular weight excluding hydrogens is 682 g/mol. The zero-order valence-electron chi connectivity index (χ0n) is 29.9. The Morgan fingerprint density at radius 3 is 1.96 bits per heavy atom. The first kappa shape index (κ1) is 36.0. The van der Waals surface area contributed by atoms with Crippen molar-refractivity contribution < 1.29 is 29.0 Å². The fourth-order valence-electron chi connectivity index (χ4n) is 6.31. The number of carbonyl (C=O) groups is 4. The van der Waals surface area contributed by atoms with Gasteiger partial charge in [-0.1, -0.05) is 12.2 Å². The number of hydrogen-bond acceptors (Lipinski definition) is 10. The maximum atomic E-state index is 13.5. The van der Waals surface area contributed by atoms with Gasteiger partial charge in [0.25, 0.3) is 5.91 Å². The monoisotopic (exact) mass is 721 g/mol. The van der Waals surface area contributed by atoms with Gasteiger partial charge in [0, 0.05) is 37.3 Å². The number of nitrogens with zero attached hydrogens (tertiary/aromatic N) is 8. The molecule has 274 valence electrons. The van der Waals surface area contributed by atoms with E-state index in [-0.39, 0.29) is 53.6 Å². The zero-order chi connectivity index (χ0) is 38.1. The third-order valence-corrected chi connectivity index (χ3v) is 8.70. The topological polar surface area (TPSA) is 233 Å². The third kappa shape index (κ3) is 6.95. The lowest BCUT2D eigenvalue weighted by Crippen LogP contribution is -2.20. The molecule has 3 amide bonds. The number of nitrogens with one attached hydrogen (secondary N) is 1. The van der Waals surface area contributed by atoms with Crippen LogP contribution in [0.15, 0.2) is 48.6 Å². The Morgan fingerprint density at radius 2 is 1.36 bits per heavy atom. The molecule has 0 radical (unpaired) electrons. The van der Waals surface area contributed by atoms with E-state index in [4.69, 9.17) is 16.2 Å². The highest BCUT2D eigenvalue weighted by molar-refractivity contribution is 6.04. The minimum absolute atomic E-state index is 0.0694. The number of benzene rings is 2. The molecule has 0 saturated carbocycles. The van der Waals surface area contributed by atoms with Gasteiger partial charge in [-0.15, -0.1) is 0 Å². The van der Waals surface area contributed by atoms with Crippen LogP contribution in [-0.4, -0.2) is 74.4 Å². The molecule has 0 aliphatic heterocycles.